The van der Waals surface area contributed by atoms with E-state index < -0.39 is 11.4 Å². The molecular weight excluding hydrogens is 260 g/mol. The van der Waals surface area contributed by atoms with Crippen LogP contribution in [-0.2, 0) is 4.79 Å². The number of likely N-dealkylation sites (tertiary alicyclic amines) is 1. The number of carboxylic acids is 1. The normalized spacial score (nSPS) is 22.5. The highest BCUT2D eigenvalue weighted by molar-refractivity contribution is 5.91. The number of carbonyl (C=O) groups is 2. The number of amides is 1. The lowest BCUT2D eigenvalue weighted by Gasteiger charge is -2.22. The van der Waals surface area contributed by atoms with Crippen molar-refractivity contribution >= 4 is 11.9 Å². The summed E-state index contributed by atoms with van der Waals surface area (Å²) in [5.41, 5.74) is -0.827. The molecule has 0 aliphatic carbocycles. The van der Waals surface area contributed by atoms with E-state index in [1.165, 1.54) is 4.90 Å². The fourth-order valence-electron chi connectivity index (χ4n) is 2.43. The van der Waals surface area contributed by atoms with Crippen molar-refractivity contribution in [1.29, 1.82) is 0 Å². The molecule has 20 heavy (non-hydrogen) atoms. The highest BCUT2D eigenvalue weighted by Gasteiger charge is 2.45. The Labute approximate surface area is 117 Å². The van der Waals surface area contributed by atoms with Crippen molar-refractivity contribution < 1.29 is 14.7 Å². The Hall–Kier alpha value is -1.92. The summed E-state index contributed by atoms with van der Waals surface area (Å²) in [4.78, 5) is 29.4. The van der Waals surface area contributed by atoms with Crippen molar-refractivity contribution in [2.45, 2.75) is 39.5 Å². The average Bonchev–Trinajstić information content (AvgIpc) is 3.05. The van der Waals surface area contributed by atoms with Crippen LogP contribution in [0.25, 0.3) is 0 Å². The van der Waals surface area contributed by atoms with Gasteiger partial charge in [0.25, 0.3) is 5.91 Å². The van der Waals surface area contributed by atoms with Crippen LogP contribution in [0.3, 0.4) is 0 Å². The minimum Gasteiger partial charge on any atom is -0.481 e. The van der Waals surface area contributed by atoms with Crippen molar-refractivity contribution in [3.8, 4) is 0 Å². The zero-order valence-electron chi connectivity index (χ0n) is 12.0. The summed E-state index contributed by atoms with van der Waals surface area (Å²) in [5, 5.41) is 16.0. The van der Waals surface area contributed by atoms with Crippen LogP contribution in [0.2, 0.25) is 0 Å². The standard InChI is InChI=1S/C13H20N4O3/c1-4-13(12(19)20)5-6-17(7-13)11(18)10-14-9(8(2)3)15-16-10/h8H,4-7H2,1-3H3,(H,19,20)(H,14,15,16). The first-order valence-electron chi connectivity index (χ1n) is 6.84. The van der Waals surface area contributed by atoms with Crippen molar-refractivity contribution in [3.63, 3.8) is 0 Å². The molecule has 0 saturated carbocycles. The van der Waals surface area contributed by atoms with Crippen LogP contribution in [0.4, 0.5) is 0 Å². The Bertz CT molecular complexity index is 525. The molecule has 7 nitrogen and oxygen atoms in total. The summed E-state index contributed by atoms with van der Waals surface area (Å²) in [5.74, 6) is -0.201. The molecule has 1 aliphatic rings. The first kappa shape index (κ1) is 14.5. The van der Waals surface area contributed by atoms with Crippen LogP contribution in [0.15, 0.2) is 0 Å². The van der Waals surface area contributed by atoms with Gasteiger partial charge in [0.15, 0.2) is 0 Å². The smallest absolute Gasteiger partial charge is 0.311 e. The number of carboxylic acid groups (broad SMARTS) is 1. The SMILES string of the molecule is CCC1(C(=O)O)CCN(C(=O)c2n[nH]c(C(C)C)n2)C1. The van der Waals surface area contributed by atoms with Gasteiger partial charge in [0, 0.05) is 19.0 Å². The van der Waals surface area contributed by atoms with Gasteiger partial charge >= 0.3 is 5.97 Å². The Morgan fingerprint density at radius 3 is 2.65 bits per heavy atom. The molecule has 1 unspecified atom stereocenters. The number of aliphatic carboxylic acids is 1. The third-order valence-corrected chi connectivity index (χ3v) is 4.01. The second-order valence-electron chi connectivity index (χ2n) is 5.61. The summed E-state index contributed by atoms with van der Waals surface area (Å²) in [6.45, 7) is 6.41. The largest absolute Gasteiger partial charge is 0.481 e. The van der Waals surface area contributed by atoms with E-state index in [0.29, 0.717) is 25.2 Å². The van der Waals surface area contributed by atoms with E-state index in [0.717, 1.165) is 0 Å². The minimum absolute atomic E-state index is 0.117. The van der Waals surface area contributed by atoms with Gasteiger partial charge in [-0.25, -0.2) is 4.98 Å². The fraction of sp³-hybridized carbons (Fsp3) is 0.692. The third kappa shape index (κ3) is 2.39. The topological polar surface area (TPSA) is 99.2 Å². The molecule has 110 valence electrons. The summed E-state index contributed by atoms with van der Waals surface area (Å²) in [7, 11) is 0. The number of nitrogens with zero attached hydrogens (tertiary/aromatic N) is 3. The van der Waals surface area contributed by atoms with Crippen LogP contribution in [0.1, 0.15) is 56.0 Å². The quantitative estimate of drug-likeness (QED) is 0.864. The van der Waals surface area contributed by atoms with Crippen LogP contribution >= 0.6 is 0 Å². The molecule has 1 atom stereocenters. The molecule has 1 amide bonds. The molecule has 1 aromatic heterocycles. The van der Waals surface area contributed by atoms with Gasteiger partial charge < -0.3 is 10.0 Å². The van der Waals surface area contributed by atoms with Gasteiger partial charge in [-0.05, 0) is 12.8 Å². The zero-order chi connectivity index (χ0) is 14.9. The van der Waals surface area contributed by atoms with Crippen LogP contribution in [-0.4, -0.2) is 50.2 Å². The Morgan fingerprint density at radius 1 is 1.50 bits per heavy atom. The van der Waals surface area contributed by atoms with Crippen LogP contribution < -0.4 is 0 Å². The monoisotopic (exact) mass is 280 g/mol. The number of nitrogens with one attached hydrogen (secondary N) is 1. The molecule has 0 aromatic carbocycles. The molecule has 7 heteroatoms. The van der Waals surface area contributed by atoms with Crippen molar-refractivity contribution in [2.24, 2.45) is 5.41 Å². The lowest BCUT2D eigenvalue weighted by atomic mass is 9.84. The predicted octanol–water partition coefficient (Wildman–Crippen LogP) is 1.25. The van der Waals surface area contributed by atoms with E-state index in [-0.39, 0.29) is 24.2 Å². The predicted molar refractivity (Wildman–Crippen MR) is 71.4 cm³/mol. The number of hydrogen-bond acceptors (Lipinski definition) is 4. The Morgan fingerprint density at radius 2 is 2.20 bits per heavy atom. The Kier molecular flexibility index (Phi) is 3.78. The van der Waals surface area contributed by atoms with Crippen molar-refractivity contribution in [1.82, 2.24) is 20.1 Å². The first-order valence-corrected chi connectivity index (χ1v) is 6.84. The molecule has 2 N–H and O–H groups in total. The summed E-state index contributed by atoms with van der Waals surface area (Å²) < 4.78 is 0. The lowest BCUT2D eigenvalue weighted by Crippen LogP contribution is -2.36. The number of aromatic nitrogens is 3. The van der Waals surface area contributed by atoms with Gasteiger partial charge in [-0.15, -0.1) is 5.10 Å². The van der Waals surface area contributed by atoms with Gasteiger partial charge in [0.05, 0.1) is 5.41 Å². The molecule has 1 fully saturated rings. The summed E-state index contributed by atoms with van der Waals surface area (Å²) >= 11 is 0. The zero-order valence-corrected chi connectivity index (χ0v) is 12.0. The number of carbonyl (C=O) groups excluding carboxylic acids is 1. The summed E-state index contributed by atoms with van der Waals surface area (Å²) in [6.07, 6.45) is 0.989. The second-order valence-corrected chi connectivity index (χ2v) is 5.61. The molecule has 1 aromatic rings. The van der Waals surface area contributed by atoms with Crippen LogP contribution in [0.5, 0.6) is 0 Å². The third-order valence-electron chi connectivity index (χ3n) is 4.01. The number of aromatic amines is 1. The lowest BCUT2D eigenvalue weighted by molar-refractivity contribution is -0.148. The number of hydrogen-bond donors (Lipinski definition) is 2. The van der Waals surface area contributed by atoms with Gasteiger partial charge in [-0.2, -0.15) is 0 Å². The van der Waals surface area contributed by atoms with Crippen LogP contribution in [0, 0.1) is 5.41 Å². The molecule has 1 aliphatic heterocycles. The van der Waals surface area contributed by atoms with Gasteiger partial charge in [-0.3, -0.25) is 14.7 Å². The van der Waals surface area contributed by atoms with E-state index >= 15 is 0 Å². The highest BCUT2D eigenvalue weighted by atomic mass is 16.4. The minimum atomic E-state index is -0.840. The first-order chi connectivity index (χ1) is 9.39. The van der Waals surface area contributed by atoms with E-state index in [2.05, 4.69) is 15.2 Å². The Balaban J connectivity index is 2.13. The second kappa shape index (κ2) is 5.22. The molecule has 0 spiro atoms. The van der Waals surface area contributed by atoms with Crippen molar-refractivity contribution in [3.05, 3.63) is 11.6 Å². The maximum Gasteiger partial charge on any atom is 0.311 e. The molecule has 0 radical (unpaired) electrons. The van der Waals surface area contributed by atoms with Gasteiger partial charge in [0.2, 0.25) is 5.82 Å². The maximum absolute atomic E-state index is 12.3. The number of rotatable bonds is 4. The molecule has 2 heterocycles. The van der Waals surface area contributed by atoms with Gasteiger partial charge in [-0.1, -0.05) is 20.8 Å². The molecule has 0 bridgehead atoms. The molecule has 1 saturated heterocycles. The van der Waals surface area contributed by atoms with E-state index in [9.17, 15) is 14.7 Å². The number of H-pyrrole nitrogens is 1. The van der Waals surface area contributed by atoms with Gasteiger partial charge in [0.1, 0.15) is 5.82 Å². The molecular formula is C13H20N4O3. The average molecular weight is 280 g/mol. The fourth-order valence-corrected chi connectivity index (χ4v) is 2.43. The van der Waals surface area contributed by atoms with E-state index in [1.807, 2.05) is 20.8 Å². The summed E-state index contributed by atoms with van der Waals surface area (Å²) in [6, 6.07) is 0. The van der Waals surface area contributed by atoms with E-state index in [1.54, 1.807) is 0 Å². The maximum atomic E-state index is 12.3. The molecule has 2 rings (SSSR count). The van der Waals surface area contributed by atoms with E-state index in [4.69, 9.17) is 0 Å². The van der Waals surface area contributed by atoms with Crippen molar-refractivity contribution in [2.75, 3.05) is 13.1 Å². The highest BCUT2D eigenvalue weighted by Crippen LogP contribution is 2.34.